The van der Waals surface area contributed by atoms with Gasteiger partial charge in [-0.05, 0) is 38.5 Å². The Kier molecular flexibility index (Phi) is 5.58. The number of rotatable bonds is 6. The first kappa shape index (κ1) is 17.7. The highest BCUT2D eigenvalue weighted by Gasteiger charge is 2.19. The molecule has 0 unspecified atom stereocenters. The van der Waals surface area contributed by atoms with Gasteiger partial charge in [0.2, 0.25) is 0 Å². The average molecular weight is 359 g/mol. The van der Waals surface area contributed by atoms with Crippen molar-refractivity contribution < 1.29 is 4.42 Å². The van der Waals surface area contributed by atoms with Gasteiger partial charge in [-0.15, -0.1) is 0 Å². The fourth-order valence-electron chi connectivity index (χ4n) is 2.92. The lowest BCUT2D eigenvalue weighted by molar-refractivity contribution is 0.450. The fraction of sp³-hybridized carbons (Fsp3) is 0.421. The van der Waals surface area contributed by atoms with Crippen LogP contribution in [0.5, 0.6) is 0 Å². The van der Waals surface area contributed by atoms with E-state index in [1.54, 1.807) is 18.0 Å². The van der Waals surface area contributed by atoms with Crippen LogP contribution in [0.1, 0.15) is 42.5 Å². The van der Waals surface area contributed by atoms with E-state index in [0.29, 0.717) is 0 Å². The molecule has 3 rings (SSSR count). The molecule has 0 spiro atoms. The standard InChI is InChI=1S/C19H26N4OS/c1-5-6-9-20-19-22(4)21-18(13-25-19)17-11-14(2)23(15(17)3)12-16-8-7-10-24-16/h7-8,10-11,13,21H,5-6,9,12H2,1-4H3. The first-order valence-corrected chi connectivity index (χ1v) is 9.59. The van der Waals surface area contributed by atoms with E-state index in [9.17, 15) is 0 Å². The maximum Gasteiger partial charge on any atom is 0.182 e. The summed E-state index contributed by atoms with van der Waals surface area (Å²) in [5, 5.41) is 5.18. The van der Waals surface area contributed by atoms with Crippen LogP contribution >= 0.6 is 11.8 Å². The number of aromatic nitrogens is 1. The van der Waals surface area contributed by atoms with Crippen LogP contribution in [0.2, 0.25) is 0 Å². The zero-order chi connectivity index (χ0) is 17.8. The normalized spacial score (nSPS) is 16.2. The van der Waals surface area contributed by atoms with E-state index >= 15 is 0 Å². The number of aryl methyl sites for hydroxylation is 1. The summed E-state index contributed by atoms with van der Waals surface area (Å²) in [5.41, 5.74) is 8.24. The first-order valence-electron chi connectivity index (χ1n) is 8.71. The molecule has 1 N–H and O–H groups in total. The van der Waals surface area contributed by atoms with E-state index in [4.69, 9.17) is 4.42 Å². The van der Waals surface area contributed by atoms with Gasteiger partial charge >= 0.3 is 0 Å². The zero-order valence-corrected chi connectivity index (χ0v) is 16.2. The molecular weight excluding hydrogens is 332 g/mol. The van der Waals surface area contributed by atoms with Crippen LogP contribution in [0, 0.1) is 13.8 Å². The summed E-state index contributed by atoms with van der Waals surface area (Å²) in [5.74, 6) is 0.968. The molecule has 0 amide bonds. The van der Waals surface area contributed by atoms with Crippen LogP contribution in [-0.2, 0) is 6.54 Å². The summed E-state index contributed by atoms with van der Waals surface area (Å²) in [6.45, 7) is 8.11. The van der Waals surface area contributed by atoms with Crippen LogP contribution in [0.3, 0.4) is 0 Å². The van der Waals surface area contributed by atoms with E-state index in [1.807, 2.05) is 24.2 Å². The molecule has 0 aromatic carbocycles. The molecule has 0 radical (unpaired) electrons. The molecule has 2 aromatic rings. The summed E-state index contributed by atoms with van der Waals surface area (Å²) in [6, 6.07) is 6.17. The highest BCUT2D eigenvalue weighted by atomic mass is 32.2. The lowest BCUT2D eigenvalue weighted by Gasteiger charge is -2.28. The Balaban J connectivity index is 1.79. The molecule has 25 heavy (non-hydrogen) atoms. The van der Waals surface area contributed by atoms with E-state index in [1.165, 1.54) is 23.4 Å². The first-order chi connectivity index (χ1) is 12.1. The van der Waals surface area contributed by atoms with Crippen LogP contribution < -0.4 is 5.43 Å². The molecule has 134 valence electrons. The van der Waals surface area contributed by atoms with Crippen molar-refractivity contribution in [2.75, 3.05) is 13.6 Å². The second kappa shape index (κ2) is 7.87. The molecule has 5 nitrogen and oxygen atoms in total. The number of nitrogens with zero attached hydrogens (tertiary/aromatic N) is 3. The van der Waals surface area contributed by atoms with Gasteiger partial charge in [-0.25, -0.2) is 0 Å². The van der Waals surface area contributed by atoms with Crippen molar-refractivity contribution in [3.8, 4) is 0 Å². The van der Waals surface area contributed by atoms with Crippen molar-refractivity contribution in [2.24, 2.45) is 4.99 Å². The smallest absolute Gasteiger partial charge is 0.182 e. The van der Waals surface area contributed by atoms with Crippen molar-refractivity contribution in [1.29, 1.82) is 0 Å². The van der Waals surface area contributed by atoms with Gasteiger partial charge in [-0.2, -0.15) is 0 Å². The van der Waals surface area contributed by atoms with E-state index in [0.717, 1.165) is 36.1 Å². The summed E-state index contributed by atoms with van der Waals surface area (Å²) >= 11 is 1.68. The van der Waals surface area contributed by atoms with E-state index < -0.39 is 0 Å². The van der Waals surface area contributed by atoms with Gasteiger partial charge < -0.3 is 8.98 Å². The fourth-order valence-corrected chi connectivity index (χ4v) is 3.69. The second-order valence-electron chi connectivity index (χ2n) is 6.29. The predicted octanol–water partition coefficient (Wildman–Crippen LogP) is 4.38. The summed E-state index contributed by atoms with van der Waals surface area (Å²) < 4.78 is 7.78. The van der Waals surface area contributed by atoms with Crippen molar-refractivity contribution in [2.45, 2.75) is 40.2 Å². The van der Waals surface area contributed by atoms with Gasteiger partial charge in [0.25, 0.3) is 0 Å². The molecule has 0 atom stereocenters. The van der Waals surface area contributed by atoms with Crippen molar-refractivity contribution in [3.05, 3.63) is 52.6 Å². The van der Waals surface area contributed by atoms with Gasteiger partial charge in [0.15, 0.2) is 5.17 Å². The minimum absolute atomic E-state index is 0.755. The molecule has 6 heteroatoms. The Morgan fingerprint density at radius 2 is 2.16 bits per heavy atom. The van der Waals surface area contributed by atoms with Gasteiger partial charge in [0, 0.05) is 36.0 Å². The van der Waals surface area contributed by atoms with E-state index in [-0.39, 0.29) is 0 Å². The molecule has 0 bridgehead atoms. The molecule has 0 saturated carbocycles. The lowest BCUT2D eigenvalue weighted by Crippen LogP contribution is -2.39. The number of hydrogen-bond donors (Lipinski definition) is 1. The number of unbranched alkanes of at least 4 members (excludes halogenated alkanes) is 1. The third-order valence-corrected chi connectivity index (χ3v) is 5.34. The van der Waals surface area contributed by atoms with Crippen LogP contribution in [-0.4, -0.2) is 28.3 Å². The third kappa shape index (κ3) is 3.95. The van der Waals surface area contributed by atoms with Gasteiger partial charge in [0.1, 0.15) is 5.76 Å². The maximum atomic E-state index is 5.50. The van der Waals surface area contributed by atoms with Gasteiger partial charge in [0.05, 0.1) is 18.5 Å². The SMILES string of the molecule is CCCCN=C1SC=C(c2cc(C)n(Cc3ccco3)c2C)NN1C. The number of amidine groups is 1. The van der Waals surface area contributed by atoms with Gasteiger partial charge in [-0.3, -0.25) is 15.4 Å². The third-order valence-electron chi connectivity index (χ3n) is 4.37. The molecule has 1 aliphatic rings. The molecule has 3 heterocycles. The summed E-state index contributed by atoms with van der Waals surface area (Å²) in [4.78, 5) is 4.66. The highest BCUT2D eigenvalue weighted by molar-refractivity contribution is 8.16. The molecule has 0 saturated heterocycles. The number of nitrogens with one attached hydrogen (secondary N) is 1. The number of furan rings is 1. The molecule has 1 aliphatic heterocycles. The molecular formula is C19H26N4OS. The Morgan fingerprint density at radius 1 is 1.32 bits per heavy atom. The maximum absolute atomic E-state index is 5.50. The zero-order valence-electron chi connectivity index (χ0n) is 15.4. The Hall–Kier alpha value is -2.08. The Bertz CT molecular complexity index is 774. The lowest BCUT2D eigenvalue weighted by atomic mass is 10.2. The number of thioether (sulfide) groups is 1. The monoisotopic (exact) mass is 358 g/mol. The minimum atomic E-state index is 0.755. The summed E-state index contributed by atoms with van der Waals surface area (Å²) in [6.07, 6.45) is 4.02. The van der Waals surface area contributed by atoms with Crippen LogP contribution in [0.15, 0.2) is 39.3 Å². The largest absolute Gasteiger partial charge is 0.467 e. The predicted molar refractivity (Wildman–Crippen MR) is 105 cm³/mol. The summed E-state index contributed by atoms with van der Waals surface area (Å²) in [7, 11) is 2.02. The molecule has 2 aromatic heterocycles. The average Bonchev–Trinajstić information content (AvgIpc) is 3.20. The van der Waals surface area contributed by atoms with E-state index in [2.05, 4.69) is 47.2 Å². The van der Waals surface area contributed by atoms with Crippen molar-refractivity contribution in [1.82, 2.24) is 15.0 Å². The van der Waals surface area contributed by atoms with Crippen molar-refractivity contribution in [3.63, 3.8) is 0 Å². The highest BCUT2D eigenvalue weighted by Crippen LogP contribution is 2.28. The Labute approximate surface area is 153 Å². The second-order valence-corrected chi connectivity index (χ2v) is 7.12. The number of aliphatic imine (C=N–C) groups is 1. The number of hydrazine groups is 1. The van der Waals surface area contributed by atoms with Crippen LogP contribution in [0.4, 0.5) is 0 Å². The van der Waals surface area contributed by atoms with Crippen molar-refractivity contribution >= 4 is 22.6 Å². The molecule has 0 fully saturated rings. The van der Waals surface area contributed by atoms with Crippen LogP contribution in [0.25, 0.3) is 5.70 Å². The quantitative estimate of drug-likeness (QED) is 0.778. The van der Waals surface area contributed by atoms with Gasteiger partial charge in [-0.1, -0.05) is 25.1 Å². The minimum Gasteiger partial charge on any atom is -0.467 e. The molecule has 0 aliphatic carbocycles. The Morgan fingerprint density at radius 3 is 2.84 bits per heavy atom. The number of hydrogen-bond acceptors (Lipinski definition) is 4. The topological polar surface area (TPSA) is 45.7 Å².